The van der Waals surface area contributed by atoms with Crippen LogP contribution in [0.15, 0.2) is 0 Å². The first-order valence-electron chi connectivity index (χ1n) is 10.8. The van der Waals surface area contributed by atoms with Gasteiger partial charge < -0.3 is 0 Å². The largest absolute Gasteiger partial charge is 0.0654 e. The van der Waals surface area contributed by atoms with Crippen molar-refractivity contribution < 1.29 is 0 Å². The molecular formula is C22H46. The SMILES string of the molecule is CCCCCCCCCCCCCCCCCC(C)CCC. The van der Waals surface area contributed by atoms with Crippen LogP contribution >= 0.6 is 0 Å². The van der Waals surface area contributed by atoms with E-state index in [1.807, 2.05) is 0 Å². The lowest BCUT2D eigenvalue weighted by atomic mass is 9.98. The molecule has 0 saturated carbocycles. The zero-order valence-electron chi connectivity index (χ0n) is 16.3. The first-order chi connectivity index (χ1) is 10.8. The monoisotopic (exact) mass is 310 g/mol. The van der Waals surface area contributed by atoms with Gasteiger partial charge in [-0.15, -0.1) is 0 Å². The summed E-state index contributed by atoms with van der Waals surface area (Å²) in [6.45, 7) is 7.03. The second-order valence-corrected chi connectivity index (χ2v) is 7.63. The molecular weight excluding hydrogens is 264 g/mol. The molecule has 134 valence electrons. The van der Waals surface area contributed by atoms with E-state index in [0.29, 0.717) is 0 Å². The van der Waals surface area contributed by atoms with E-state index in [9.17, 15) is 0 Å². The Labute approximate surface area is 142 Å². The Balaban J connectivity index is 3.00. The van der Waals surface area contributed by atoms with Crippen LogP contribution in [-0.2, 0) is 0 Å². The smallest absolute Gasteiger partial charge is 0.0443 e. The Kier molecular flexibility index (Phi) is 19.0. The molecule has 0 rings (SSSR count). The van der Waals surface area contributed by atoms with Gasteiger partial charge in [-0.25, -0.2) is 0 Å². The molecule has 0 aromatic heterocycles. The van der Waals surface area contributed by atoms with Gasteiger partial charge in [0.1, 0.15) is 0 Å². The number of rotatable bonds is 18. The first kappa shape index (κ1) is 22.0. The van der Waals surface area contributed by atoms with Gasteiger partial charge in [0, 0.05) is 0 Å². The van der Waals surface area contributed by atoms with Crippen molar-refractivity contribution in [1.29, 1.82) is 0 Å². The molecule has 0 N–H and O–H groups in total. The van der Waals surface area contributed by atoms with Crippen LogP contribution in [0.3, 0.4) is 0 Å². The molecule has 0 heteroatoms. The van der Waals surface area contributed by atoms with Crippen LogP contribution in [0, 0.1) is 5.92 Å². The van der Waals surface area contributed by atoms with Crippen LogP contribution in [0.1, 0.15) is 136 Å². The van der Waals surface area contributed by atoms with E-state index < -0.39 is 0 Å². The summed E-state index contributed by atoms with van der Waals surface area (Å²) in [7, 11) is 0. The molecule has 0 amide bonds. The summed E-state index contributed by atoms with van der Waals surface area (Å²) in [5, 5.41) is 0. The van der Waals surface area contributed by atoms with E-state index >= 15 is 0 Å². The van der Waals surface area contributed by atoms with Gasteiger partial charge in [-0.2, -0.15) is 0 Å². The average molecular weight is 311 g/mol. The molecule has 0 aliphatic rings. The summed E-state index contributed by atoms with van der Waals surface area (Å²) in [4.78, 5) is 0. The molecule has 0 fully saturated rings. The molecule has 0 heterocycles. The molecule has 0 radical (unpaired) electrons. The predicted octanol–water partition coefficient (Wildman–Crippen LogP) is 8.68. The van der Waals surface area contributed by atoms with Crippen LogP contribution in [0.4, 0.5) is 0 Å². The van der Waals surface area contributed by atoms with Crippen LogP contribution in [0.5, 0.6) is 0 Å². The summed E-state index contributed by atoms with van der Waals surface area (Å²) in [5.41, 5.74) is 0. The zero-order valence-corrected chi connectivity index (χ0v) is 16.3. The van der Waals surface area contributed by atoms with E-state index in [1.54, 1.807) is 0 Å². The Hall–Kier alpha value is 0. The molecule has 0 bridgehead atoms. The normalized spacial score (nSPS) is 12.7. The van der Waals surface area contributed by atoms with Gasteiger partial charge in [0.15, 0.2) is 0 Å². The van der Waals surface area contributed by atoms with Crippen LogP contribution in [0.25, 0.3) is 0 Å². The van der Waals surface area contributed by atoms with Crippen LogP contribution in [0.2, 0.25) is 0 Å². The minimum absolute atomic E-state index is 0.965. The Morgan fingerprint density at radius 2 is 0.773 bits per heavy atom. The first-order valence-corrected chi connectivity index (χ1v) is 10.8. The van der Waals surface area contributed by atoms with Gasteiger partial charge in [0.25, 0.3) is 0 Å². The molecule has 0 aliphatic heterocycles. The lowest BCUT2D eigenvalue weighted by Crippen LogP contribution is -1.93. The lowest BCUT2D eigenvalue weighted by Gasteiger charge is -2.09. The summed E-state index contributed by atoms with van der Waals surface area (Å²) >= 11 is 0. The fourth-order valence-corrected chi connectivity index (χ4v) is 3.50. The van der Waals surface area contributed by atoms with Crippen molar-refractivity contribution in [2.24, 2.45) is 5.92 Å². The van der Waals surface area contributed by atoms with Gasteiger partial charge in [0.2, 0.25) is 0 Å². The highest BCUT2D eigenvalue weighted by molar-refractivity contribution is 4.54. The Morgan fingerprint density at radius 1 is 0.409 bits per heavy atom. The van der Waals surface area contributed by atoms with Crippen molar-refractivity contribution in [2.75, 3.05) is 0 Å². The molecule has 1 atom stereocenters. The zero-order chi connectivity index (χ0) is 16.3. The highest BCUT2D eigenvalue weighted by Gasteiger charge is 2.00. The van der Waals surface area contributed by atoms with E-state index in [1.165, 1.54) is 116 Å². The van der Waals surface area contributed by atoms with Crippen molar-refractivity contribution in [3.05, 3.63) is 0 Å². The highest BCUT2D eigenvalue weighted by atomic mass is 14.1. The van der Waals surface area contributed by atoms with E-state index in [-0.39, 0.29) is 0 Å². The second kappa shape index (κ2) is 19.0. The maximum absolute atomic E-state index is 2.42. The van der Waals surface area contributed by atoms with Gasteiger partial charge in [-0.3, -0.25) is 0 Å². The summed E-state index contributed by atoms with van der Waals surface area (Å²) in [5.74, 6) is 0.965. The van der Waals surface area contributed by atoms with Gasteiger partial charge in [-0.05, 0) is 5.92 Å². The predicted molar refractivity (Wildman–Crippen MR) is 104 cm³/mol. The fourth-order valence-electron chi connectivity index (χ4n) is 3.50. The third-order valence-electron chi connectivity index (χ3n) is 5.08. The molecule has 0 aliphatic carbocycles. The fraction of sp³-hybridized carbons (Fsp3) is 1.00. The quantitative estimate of drug-likeness (QED) is 0.222. The molecule has 0 aromatic carbocycles. The summed E-state index contributed by atoms with van der Waals surface area (Å²) in [6.07, 6.45) is 26.3. The van der Waals surface area contributed by atoms with Gasteiger partial charge in [-0.1, -0.05) is 136 Å². The average Bonchev–Trinajstić information content (AvgIpc) is 2.51. The van der Waals surface area contributed by atoms with Crippen molar-refractivity contribution in [2.45, 2.75) is 136 Å². The Morgan fingerprint density at radius 3 is 1.14 bits per heavy atom. The second-order valence-electron chi connectivity index (χ2n) is 7.63. The van der Waals surface area contributed by atoms with E-state index in [2.05, 4.69) is 20.8 Å². The van der Waals surface area contributed by atoms with E-state index in [0.717, 1.165) is 5.92 Å². The van der Waals surface area contributed by atoms with E-state index in [4.69, 9.17) is 0 Å². The maximum Gasteiger partial charge on any atom is -0.0443 e. The van der Waals surface area contributed by atoms with Crippen molar-refractivity contribution in [3.8, 4) is 0 Å². The Bertz CT molecular complexity index is 184. The third kappa shape index (κ3) is 18.1. The minimum atomic E-state index is 0.965. The van der Waals surface area contributed by atoms with Crippen molar-refractivity contribution in [1.82, 2.24) is 0 Å². The maximum atomic E-state index is 2.42. The molecule has 0 spiro atoms. The summed E-state index contributed by atoms with van der Waals surface area (Å²) < 4.78 is 0. The molecule has 0 saturated heterocycles. The lowest BCUT2D eigenvalue weighted by molar-refractivity contribution is 0.450. The molecule has 22 heavy (non-hydrogen) atoms. The van der Waals surface area contributed by atoms with Gasteiger partial charge in [0.05, 0.1) is 0 Å². The third-order valence-corrected chi connectivity index (χ3v) is 5.08. The number of hydrogen-bond donors (Lipinski definition) is 0. The summed E-state index contributed by atoms with van der Waals surface area (Å²) in [6, 6.07) is 0. The van der Waals surface area contributed by atoms with Crippen molar-refractivity contribution >= 4 is 0 Å². The van der Waals surface area contributed by atoms with Crippen molar-refractivity contribution in [3.63, 3.8) is 0 Å². The van der Waals surface area contributed by atoms with Crippen LogP contribution in [-0.4, -0.2) is 0 Å². The highest BCUT2D eigenvalue weighted by Crippen LogP contribution is 2.17. The number of unbranched alkanes of at least 4 members (excludes halogenated alkanes) is 14. The molecule has 1 unspecified atom stereocenters. The minimum Gasteiger partial charge on any atom is -0.0654 e. The van der Waals surface area contributed by atoms with Crippen LogP contribution < -0.4 is 0 Å². The van der Waals surface area contributed by atoms with Gasteiger partial charge >= 0.3 is 0 Å². The molecule has 0 nitrogen and oxygen atoms in total. The molecule has 0 aromatic rings. The standard InChI is InChI=1S/C22H46/c1-4-6-7-8-9-10-11-12-13-14-15-16-17-18-19-21-22(3)20-5-2/h22H,4-21H2,1-3H3. The number of hydrogen-bond acceptors (Lipinski definition) is 0. The topological polar surface area (TPSA) is 0 Å².